The molecule has 0 spiro atoms. The molecule has 0 saturated carbocycles. The minimum Gasteiger partial charge on any atom is -0.427 e. The Hall–Kier alpha value is -2.77. The summed E-state index contributed by atoms with van der Waals surface area (Å²) in [6, 6.07) is 27.5. The van der Waals surface area contributed by atoms with Gasteiger partial charge in [-0.3, -0.25) is 0 Å². The molecule has 4 heteroatoms. The molecule has 0 atom stereocenters. The van der Waals surface area contributed by atoms with Gasteiger partial charge in [-0.2, -0.15) is 4.74 Å². The van der Waals surface area contributed by atoms with E-state index in [-0.39, 0.29) is 0 Å². The number of fused-ring (bicyclic) bond motifs is 1. The normalized spacial score (nSPS) is 14.7. The van der Waals surface area contributed by atoms with Gasteiger partial charge in [0, 0.05) is 10.9 Å². The third-order valence-electron chi connectivity index (χ3n) is 3.93. The summed E-state index contributed by atoms with van der Waals surface area (Å²) < 4.78 is 17.7. The van der Waals surface area contributed by atoms with Gasteiger partial charge in [-0.15, -0.1) is 0 Å². The fourth-order valence-corrected chi connectivity index (χ4v) is 4.83. The highest BCUT2D eigenvalue weighted by atomic mass is 31.2. The lowest BCUT2D eigenvalue weighted by Crippen LogP contribution is -2.05. The zero-order chi connectivity index (χ0) is 17.1. The van der Waals surface area contributed by atoms with Crippen molar-refractivity contribution < 1.29 is 9.05 Å². The highest BCUT2D eigenvalue weighted by molar-refractivity contribution is 7.62. The molecule has 0 aliphatic carbocycles. The quantitative estimate of drug-likeness (QED) is 0.482. The van der Waals surface area contributed by atoms with Gasteiger partial charge in [0.05, 0.1) is 5.69 Å². The molecule has 0 radical (unpaired) electrons. The molecule has 3 aromatic rings. The van der Waals surface area contributed by atoms with E-state index in [4.69, 9.17) is 13.8 Å². The monoisotopic (exact) mass is 347 g/mol. The first-order valence-electron chi connectivity index (χ1n) is 8.15. The Labute approximate surface area is 147 Å². The largest absolute Gasteiger partial charge is 0.427 e. The highest BCUT2D eigenvalue weighted by Crippen LogP contribution is 2.62. The molecule has 1 aliphatic rings. The second-order valence-corrected chi connectivity index (χ2v) is 8.09. The summed E-state index contributed by atoms with van der Waals surface area (Å²) in [4.78, 5) is 0. The van der Waals surface area contributed by atoms with Crippen LogP contribution in [0.2, 0.25) is 0 Å². The smallest absolute Gasteiger partial charge is 0.347 e. The van der Waals surface area contributed by atoms with Crippen LogP contribution in [-0.4, -0.2) is 0 Å². The Morgan fingerprint density at radius 3 is 1.80 bits per heavy atom. The van der Waals surface area contributed by atoms with Crippen molar-refractivity contribution in [2.75, 3.05) is 0 Å². The van der Waals surface area contributed by atoms with Crippen molar-refractivity contribution in [2.45, 2.75) is 6.92 Å². The Bertz CT molecular complexity index is 920. The molecule has 1 aliphatic heterocycles. The molecule has 3 aromatic carbocycles. The molecule has 0 N–H and O–H groups in total. The third-order valence-corrected chi connectivity index (χ3v) is 6.35. The first kappa shape index (κ1) is 15.7. The van der Waals surface area contributed by atoms with Crippen molar-refractivity contribution in [2.24, 2.45) is 4.74 Å². The van der Waals surface area contributed by atoms with Crippen molar-refractivity contribution in [1.82, 2.24) is 0 Å². The van der Waals surface area contributed by atoms with Crippen LogP contribution in [0, 0.1) is 0 Å². The number of rotatable bonds is 4. The van der Waals surface area contributed by atoms with Crippen molar-refractivity contribution >= 4 is 19.3 Å². The number of hydrogen-bond donors (Lipinski definition) is 0. The zero-order valence-corrected chi connectivity index (χ0v) is 14.8. The van der Waals surface area contributed by atoms with E-state index in [2.05, 4.69) is 12.1 Å². The highest BCUT2D eigenvalue weighted by Gasteiger charge is 2.31. The van der Waals surface area contributed by atoms with Crippen LogP contribution in [0.5, 0.6) is 11.5 Å². The number of nitrogens with zero attached hydrogens (tertiary/aromatic N) is 1. The van der Waals surface area contributed by atoms with Gasteiger partial charge in [-0.1, -0.05) is 54.6 Å². The number of benzene rings is 3. The van der Waals surface area contributed by atoms with Gasteiger partial charge in [0.15, 0.2) is 0 Å². The molecule has 25 heavy (non-hydrogen) atoms. The average Bonchev–Trinajstić information content (AvgIpc) is 2.64. The van der Waals surface area contributed by atoms with E-state index < -0.39 is 7.51 Å². The summed E-state index contributed by atoms with van der Waals surface area (Å²) in [5.41, 5.74) is 1.98. The lowest BCUT2D eigenvalue weighted by Gasteiger charge is -2.28. The van der Waals surface area contributed by atoms with Gasteiger partial charge in [0.25, 0.3) is 0 Å². The van der Waals surface area contributed by atoms with Crippen LogP contribution in [-0.2, 0) is 0 Å². The first-order valence-corrected chi connectivity index (χ1v) is 9.72. The van der Waals surface area contributed by atoms with Gasteiger partial charge in [0.2, 0.25) is 0 Å². The van der Waals surface area contributed by atoms with E-state index in [0.717, 1.165) is 28.1 Å². The molecule has 0 fully saturated rings. The molecule has 124 valence electrons. The van der Waals surface area contributed by atoms with Crippen molar-refractivity contribution in [3.05, 3.63) is 95.8 Å². The van der Waals surface area contributed by atoms with E-state index in [0.29, 0.717) is 0 Å². The van der Waals surface area contributed by atoms with Crippen LogP contribution in [0.25, 0.3) is 6.08 Å². The minimum absolute atomic E-state index is 0.752. The zero-order valence-electron chi connectivity index (χ0n) is 13.9. The third kappa shape index (κ3) is 3.24. The van der Waals surface area contributed by atoms with Crippen molar-refractivity contribution in [3.8, 4) is 11.5 Å². The van der Waals surface area contributed by atoms with Crippen LogP contribution in [0.15, 0.2) is 95.0 Å². The van der Waals surface area contributed by atoms with Gasteiger partial charge in [-0.05, 0) is 43.3 Å². The molecule has 4 rings (SSSR count). The van der Waals surface area contributed by atoms with Gasteiger partial charge in [0.1, 0.15) is 11.5 Å². The second kappa shape index (κ2) is 6.62. The van der Waals surface area contributed by atoms with E-state index in [1.807, 2.05) is 85.8 Å². The van der Waals surface area contributed by atoms with Crippen molar-refractivity contribution in [3.63, 3.8) is 0 Å². The maximum atomic E-state index is 6.37. The summed E-state index contributed by atoms with van der Waals surface area (Å²) in [6.07, 6.45) is 2.11. The Morgan fingerprint density at radius 1 is 0.680 bits per heavy atom. The van der Waals surface area contributed by atoms with Crippen LogP contribution in [0.1, 0.15) is 12.5 Å². The topological polar surface area (TPSA) is 30.8 Å². The molecule has 0 aromatic heterocycles. The second-order valence-electron chi connectivity index (χ2n) is 5.77. The number of para-hydroxylation sites is 2. The predicted octanol–water partition coefficient (Wildman–Crippen LogP) is 6.88. The molecular formula is C21H18NO2P. The molecule has 0 saturated heterocycles. The maximum absolute atomic E-state index is 6.37. The van der Waals surface area contributed by atoms with Crippen LogP contribution >= 0.6 is 7.51 Å². The summed E-state index contributed by atoms with van der Waals surface area (Å²) in [5, 5.41) is 0.999. The lowest BCUT2D eigenvalue weighted by molar-refractivity contribution is 0.483. The Morgan fingerprint density at radius 2 is 1.20 bits per heavy atom. The summed E-state index contributed by atoms with van der Waals surface area (Å²) in [6.45, 7) is 2.03. The fraction of sp³-hybridized carbons (Fsp3) is 0.0476. The van der Waals surface area contributed by atoms with E-state index in [9.17, 15) is 0 Å². The summed E-state index contributed by atoms with van der Waals surface area (Å²) in [5.74, 6) is 1.50. The fourth-order valence-electron chi connectivity index (χ4n) is 2.68. The van der Waals surface area contributed by atoms with Gasteiger partial charge >= 0.3 is 7.51 Å². The van der Waals surface area contributed by atoms with E-state index >= 15 is 0 Å². The molecule has 3 nitrogen and oxygen atoms in total. The average molecular weight is 347 g/mol. The van der Waals surface area contributed by atoms with Crippen LogP contribution in [0.4, 0.5) is 5.69 Å². The number of hydrogen-bond acceptors (Lipinski definition) is 3. The maximum Gasteiger partial charge on any atom is 0.347 e. The van der Waals surface area contributed by atoms with Gasteiger partial charge in [-0.25, -0.2) is 0 Å². The van der Waals surface area contributed by atoms with Crippen molar-refractivity contribution in [1.29, 1.82) is 0 Å². The van der Waals surface area contributed by atoms with Crippen LogP contribution < -0.4 is 9.05 Å². The lowest BCUT2D eigenvalue weighted by atomic mass is 10.2. The van der Waals surface area contributed by atoms with E-state index in [1.165, 1.54) is 0 Å². The van der Waals surface area contributed by atoms with Gasteiger partial charge < -0.3 is 9.05 Å². The SMILES string of the molecule is CC1=Cc2ccccc2N=P1(Oc1ccccc1)Oc1ccccc1. The molecule has 0 amide bonds. The molecular weight excluding hydrogens is 329 g/mol. The first-order chi connectivity index (χ1) is 12.3. The summed E-state index contributed by atoms with van der Waals surface area (Å²) >= 11 is 0. The number of allylic oxidation sites excluding steroid dienone is 1. The molecule has 1 heterocycles. The van der Waals surface area contributed by atoms with E-state index in [1.54, 1.807) is 0 Å². The molecule has 0 unspecified atom stereocenters. The minimum atomic E-state index is -2.67. The van der Waals surface area contributed by atoms with Crippen LogP contribution in [0.3, 0.4) is 0 Å². The standard InChI is InChI=1S/C21H18NO2P/c1-17-16-18-10-8-9-15-21(18)22-25(17,23-19-11-4-2-5-12-19)24-20-13-6-3-7-14-20/h2-16H,1H3. The Kier molecular flexibility index (Phi) is 4.17. The Balaban J connectivity index is 1.85. The molecule has 0 bridgehead atoms. The predicted molar refractivity (Wildman–Crippen MR) is 103 cm³/mol. The summed E-state index contributed by atoms with van der Waals surface area (Å²) in [7, 11) is -2.67.